The third-order valence-corrected chi connectivity index (χ3v) is 2.27. The maximum Gasteiger partial charge on any atom is -0.0353 e. The summed E-state index contributed by atoms with van der Waals surface area (Å²) in [5.41, 5.74) is 0. The van der Waals surface area contributed by atoms with Crippen LogP contribution in [0.1, 0.15) is 33.1 Å². The molecule has 0 N–H and O–H groups in total. The van der Waals surface area contributed by atoms with Crippen LogP contribution in [-0.4, -0.2) is 6.16 Å². The predicted molar refractivity (Wildman–Crippen MR) is 43.3 cm³/mol. The molecule has 0 aliphatic heterocycles. The highest BCUT2D eigenvalue weighted by atomic mass is 31.0. The van der Waals surface area contributed by atoms with Gasteiger partial charge in [-0.3, -0.25) is 0 Å². The van der Waals surface area contributed by atoms with Gasteiger partial charge in [-0.1, -0.05) is 33.1 Å². The minimum Gasteiger partial charge on any atom is -0.137 e. The number of hydrogen-bond acceptors (Lipinski definition) is 0. The number of hydrogen-bond donors (Lipinski definition) is 0. The Morgan fingerprint density at radius 3 is 2.12 bits per heavy atom. The predicted octanol–water partition coefficient (Wildman–Crippen LogP) is 2.69. The van der Waals surface area contributed by atoms with Crippen molar-refractivity contribution < 1.29 is 0 Å². The largest absolute Gasteiger partial charge is 0.137 e. The lowest BCUT2D eigenvalue weighted by molar-refractivity contribution is 0.517. The van der Waals surface area contributed by atoms with E-state index in [4.69, 9.17) is 0 Å². The quantitative estimate of drug-likeness (QED) is 0.516. The van der Waals surface area contributed by atoms with Crippen molar-refractivity contribution in [2.45, 2.75) is 33.1 Å². The van der Waals surface area contributed by atoms with Crippen LogP contribution < -0.4 is 0 Å². The lowest BCUT2D eigenvalue weighted by Crippen LogP contribution is -1.97. The van der Waals surface area contributed by atoms with Crippen molar-refractivity contribution in [2.75, 3.05) is 6.16 Å². The Morgan fingerprint density at radius 1 is 1.38 bits per heavy atom. The molecule has 0 heterocycles. The van der Waals surface area contributed by atoms with Crippen LogP contribution in [-0.2, 0) is 0 Å². The van der Waals surface area contributed by atoms with Crippen LogP contribution >= 0.6 is 9.24 Å². The number of rotatable bonds is 4. The summed E-state index contributed by atoms with van der Waals surface area (Å²) in [6.45, 7) is 4.52. The van der Waals surface area contributed by atoms with Crippen molar-refractivity contribution >= 4 is 9.24 Å². The van der Waals surface area contributed by atoms with Gasteiger partial charge in [0, 0.05) is 0 Å². The van der Waals surface area contributed by atoms with E-state index in [9.17, 15) is 0 Å². The van der Waals surface area contributed by atoms with Crippen LogP contribution in [0.25, 0.3) is 0 Å². The molecule has 0 nitrogen and oxygen atoms in total. The third-order valence-electron chi connectivity index (χ3n) is 1.61. The van der Waals surface area contributed by atoms with Gasteiger partial charge in [0.2, 0.25) is 0 Å². The molecule has 0 aromatic heterocycles. The molecule has 0 aromatic rings. The molecular weight excluding hydrogens is 115 g/mol. The molecule has 0 aromatic carbocycles. The van der Waals surface area contributed by atoms with Crippen molar-refractivity contribution in [3.8, 4) is 0 Å². The minimum absolute atomic E-state index is 0.963. The van der Waals surface area contributed by atoms with Gasteiger partial charge in [0.05, 0.1) is 0 Å². The fraction of sp³-hybridized carbons (Fsp3) is 1.00. The molecule has 0 saturated carbocycles. The zero-order valence-electron chi connectivity index (χ0n) is 5.98. The second kappa shape index (κ2) is 5.56. The summed E-state index contributed by atoms with van der Waals surface area (Å²) in [7, 11) is 2.81. The van der Waals surface area contributed by atoms with Gasteiger partial charge in [-0.2, -0.15) is 0 Å². The molecular formula is C7H17P. The van der Waals surface area contributed by atoms with E-state index in [1.54, 1.807) is 0 Å². The van der Waals surface area contributed by atoms with Crippen molar-refractivity contribution in [1.29, 1.82) is 0 Å². The molecule has 0 bridgehead atoms. The molecule has 0 radical (unpaired) electrons. The average Bonchev–Trinajstić information content (AvgIpc) is 1.83. The van der Waals surface area contributed by atoms with Crippen LogP contribution in [0.4, 0.5) is 0 Å². The SMILES string of the molecule is CCCC(CC)CP. The summed E-state index contributed by atoms with van der Waals surface area (Å²) in [5, 5.41) is 0. The standard InChI is InChI=1S/C7H17P/c1-3-5-7(4-2)6-8/h7H,3-6,8H2,1-2H3. The second-order valence-corrected chi connectivity index (χ2v) is 2.77. The van der Waals surface area contributed by atoms with Crippen LogP contribution in [0.5, 0.6) is 0 Å². The summed E-state index contributed by atoms with van der Waals surface area (Å²) >= 11 is 0. The lowest BCUT2D eigenvalue weighted by Gasteiger charge is -2.08. The maximum atomic E-state index is 2.81. The van der Waals surface area contributed by atoms with E-state index < -0.39 is 0 Å². The first kappa shape index (κ1) is 8.43. The van der Waals surface area contributed by atoms with Gasteiger partial charge in [0.25, 0.3) is 0 Å². The Labute approximate surface area is 55.3 Å². The van der Waals surface area contributed by atoms with Crippen LogP contribution in [0, 0.1) is 5.92 Å². The third kappa shape index (κ3) is 3.43. The van der Waals surface area contributed by atoms with E-state index in [0.717, 1.165) is 5.92 Å². The van der Waals surface area contributed by atoms with E-state index in [1.807, 2.05) is 0 Å². The summed E-state index contributed by atoms with van der Waals surface area (Å²) in [6, 6.07) is 0. The molecule has 1 heteroatoms. The Balaban J connectivity index is 3.07. The van der Waals surface area contributed by atoms with Crippen LogP contribution in [0.15, 0.2) is 0 Å². The molecule has 50 valence electrons. The smallest absolute Gasteiger partial charge is 0.0353 e. The Hall–Kier alpha value is 0.430. The van der Waals surface area contributed by atoms with Crippen molar-refractivity contribution in [1.82, 2.24) is 0 Å². The summed E-state index contributed by atoms with van der Waals surface area (Å²) in [5.74, 6) is 0.963. The molecule has 0 aliphatic rings. The van der Waals surface area contributed by atoms with Crippen molar-refractivity contribution in [3.63, 3.8) is 0 Å². The van der Waals surface area contributed by atoms with Gasteiger partial charge in [0.1, 0.15) is 0 Å². The van der Waals surface area contributed by atoms with Gasteiger partial charge < -0.3 is 0 Å². The van der Waals surface area contributed by atoms with Crippen LogP contribution in [0.3, 0.4) is 0 Å². The summed E-state index contributed by atoms with van der Waals surface area (Å²) in [6.07, 6.45) is 5.37. The molecule has 0 fully saturated rings. The summed E-state index contributed by atoms with van der Waals surface area (Å²) < 4.78 is 0. The first-order valence-corrected chi connectivity index (χ1v) is 4.36. The fourth-order valence-corrected chi connectivity index (χ4v) is 1.47. The van der Waals surface area contributed by atoms with E-state index >= 15 is 0 Å². The molecule has 8 heavy (non-hydrogen) atoms. The van der Waals surface area contributed by atoms with Crippen molar-refractivity contribution in [2.24, 2.45) is 5.92 Å². The fourth-order valence-electron chi connectivity index (χ4n) is 0.897. The highest BCUT2D eigenvalue weighted by Gasteiger charge is 1.98. The first-order chi connectivity index (χ1) is 3.85. The van der Waals surface area contributed by atoms with Gasteiger partial charge in [-0.05, 0) is 12.1 Å². The molecule has 0 amide bonds. The monoisotopic (exact) mass is 132 g/mol. The van der Waals surface area contributed by atoms with E-state index in [0.29, 0.717) is 0 Å². The Bertz CT molecular complexity index is 39.7. The lowest BCUT2D eigenvalue weighted by atomic mass is 10.0. The van der Waals surface area contributed by atoms with Gasteiger partial charge >= 0.3 is 0 Å². The van der Waals surface area contributed by atoms with E-state index in [1.165, 1.54) is 25.4 Å². The first-order valence-electron chi connectivity index (χ1n) is 3.55. The molecule has 2 atom stereocenters. The summed E-state index contributed by atoms with van der Waals surface area (Å²) in [4.78, 5) is 0. The van der Waals surface area contributed by atoms with Crippen LogP contribution in [0.2, 0.25) is 0 Å². The molecule has 0 rings (SSSR count). The Kier molecular flexibility index (Phi) is 5.86. The topological polar surface area (TPSA) is 0 Å². The normalized spacial score (nSPS) is 13.9. The molecule has 0 saturated heterocycles. The van der Waals surface area contributed by atoms with Crippen molar-refractivity contribution in [3.05, 3.63) is 0 Å². The second-order valence-electron chi connectivity index (χ2n) is 2.30. The maximum absolute atomic E-state index is 2.81. The molecule has 2 unspecified atom stereocenters. The molecule has 0 aliphatic carbocycles. The zero-order valence-corrected chi connectivity index (χ0v) is 7.14. The molecule has 0 spiro atoms. The van der Waals surface area contributed by atoms with Gasteiger partial charge in [0.15, 0.2) is 0 Å². The zero-order chi connectivity index (χ0) is 6.41. The van der Waals surface area contributed by atoms with Gasteiger partial charge in [-0.25, -0.2) is 0 Å². The van der Waals surface area contributed by atoms with E-state index in [-0.39, 0.29) is 0 Å². The van der Waals surface area contributed by atoms with E-state index in [2.05, 4.69) is 23.1 Å². The minimum atomic E-state index is 0.963. The van der Waals surface area contributed by atoms with Gasteiger partial charge in [-0.15, -0.1) is 9.24 Å². The highest BCUT2D eigenvalue weighted by Crippen LogP contribution is 2.12. The highest BCUT2D eigenvalue weighted by molar-refractivity contribution is 7.16. The average molecular weight is 132 g/mol. The Morgan fingerprint density at radius 2 is 2.00 bits per heavy atom.